The number of benzene rings is 1. The zero-order valence-corrected chi connectivity index (χ0v) is 21.2. The van der Waals surface area contributed by atoms with E-state index < -0.39 is 22.9 Å². The molecule has 2 N–H and O–H groups in total. The summed E-state index contributed by atoms with van der Waals surface area (Å²) in [5, 5.41) is 12.5. The van der Waals surface area contributed by atoms with Crippen LogP contribution < -0.4 is 21.5 Å². The number of aromatic nitrogens is 4. The smallest absolute Gasteiger partial charge is 0.407 e. The first-order chi connectivity index (χ1) is 17.1. The maximum Gasteiger partial charge on any atom is 0.407 e. The minimum atomic E-state index is -0.599. The van der Waals surface area contributed by atoms with Gasteiger partial charge in [0.25, 0.3) is 5.56 Å². The summed E-state index contributed by atoms with van der Waals surface area (Å²) < 4.78 is 9.64. The van der Waals surface area contributed by atoms with Crippen molar-refractivity contribution in [3.05, 3.63) is 56.7 Å². The Balaban J connectivity index is 1.78. The van der Waals surface area contributed by atoms with Crippen LogP contribution in [0.1, 0.15) is 39.2 Å². The van der Waals surface area contributed by atoms with Crippen molar-refractivity contribution in [1.29, 1.82) is 0 Å². The normalized spacial score (nSPS) is 16.4. The Morgan fingerprint density at radius 2 is 1.92 bits per heavy atom. The van der Waals surface area contributed by atoms with Gasteiger partial charge in [0.15, 0.2) is 11.2 Å². The highest BCUT2D eigenvalue weighted by molar-refractivity contribution is 5.75. The van der Waals surface area contributed by atoms with Crippen LogP contribution in [0.2, 0.25) is 0 Å². The van der Waals surface area contributed by atoms with Gasteiger partial charge in [0.05, 0.1) is 19.7 Å². The number of ether oxygens (including phenoxy) is 1. The topological polar surface area (TPSA) is 124 Å². The Hall–Kier alpha value is -3.60. The number of nitrogens with one attached hydrogen (secondary N) is 1. The van der Waals surface area contributed by atoms with Crippen LogP contribution in [-0.2, 0) is 24.9 Å². The molecule has 1 saturated heterocycles. The van der Waals surface area contributed by atoms with Crippen molar-refractivity contribution >= 4 is 23.2 Å². The van der Waals surface area contributed by atoms with E-state index in [1.165, 1.54) is 11.6 Å². The fourth-order valence-corrected chi connectivity index (χ4v) is 4.55. The van der Waals surface area contributed by atoms with E-state index in [0.29, 0.717) is 31.1 Å². The van der Waals surface area contributed by atoms with E-state index in [-0.39, 0.29) is 24.8 Å². The molecule has 1 aromatic carbocycles. The summed E-state index contributed by atoms with van der Waals surface area (Å²) in [7, 11) is 1.43. The van der Waals surface area contributed by atoms with Gasteiger partial charge in [-0.3, -0.25) is 18.5 Å². The molecule has 0 aliphatic carbocycles. The van der Waals surface area contributed by atoms with Crippen LogP contribution in [0.15, 0.2) is 39.9 Å². The molecule has 0 radical (unpaired) electrons. The number of carbonyl (C=O) groups is 1. The van der Waals surface area contributed by atoms with E-state index in [2.05, 4.69) is 5.32 Å². The molecule has 1 aliphatic heterocycles. The van der Waals surface area contributed by atoms with Gasteiger partial charge in [-0.15, -0.1) is 0 Å². The molecule has 4 rings (SSSR count). The first kappa shape index (κ1) is 25.5. The van der Waals surface area contributed by atoms with Crippen LogP contribution in [0.4, 0.5) is 10.7 Å². The van der Waals surface area contributed by atoms with Gasteiger partial charge in [0, 0.05) is 26.2 Å². The second kappa shape index (κ2) is 10.2. The molecule has 2 aromatic heterocycles. The second-order valence-corrected chi connectivity index (χ2v) is 10.1. The molecule has 194 valence electrons. The number of alkyl carbamates (subject to hydrolysis) is 1. The van der Waals surface area contributed by atoms with Gasteiger partial charge >= 0.3 is 11.8 Å². The highest BCUT2D eigenvalue weighted by Crippen LogP contribution is 2.25. The number of hydrogen-bond donors (Lipinski definition) is 2. The summed E-state index contributed by atoms with van der Waals surface area (Å²) in [5.41, 5.74) is -0.0596. The van der Waals surface area contributed by atoms with Crippen LogP contribution >= 0.6 is 0 Å². The Kier molecular flexibility index (Phi) is 7.21. The molecule has 36 heavy (non-hydrogen) atoms. The lowest BCUT2D eigenvalue weighted by Gasteiger charge is -2.34. The minimum Gasteiger partial charge on any atom is -0.444 e. The third kappa shape index (κ3) is 5.30. The monoisotopic (exact) mass is 498 g/mol. The van der Waals surface area contributed by atoms with Gasteiger partial charge in [-0.1, -0.05) is 30.3 Å². The van der Waals surface area contributed by atoms with Gasteiger partial charge in [-0.2, -0.15) is 4.98 Å². The quantitative estimate of drug-likeness (QED) is 0.527. The maximum absolute atomic E-state index is 13.3. The van der Waals surface area contributed by atoms with E-state index in [4.69, 9.17) is 9.72 Å². The highest BCUT2D eigenvalue weighted by Gasteiger charge is 2.29. The Labute approximate surface area is 208 Å². The summed E-state index contributed by atoms with van der Waals surface area (Å²) in [4.78, 5) is 45.3. The number of carbonyl (C=O) groups excluding carboxylic acids is 1. The molecule has 1 aliphatic rings. The van der Waals surface area contributed by atoms with Crippen LogP contribution in [-0.4, -0.2) is 61.2 Å². The van der Waals surface area contributed by atoms with Crippen molar-refractivity contribution < 1.29 is 14.6 Å². The molecule has 0 saturated carbocycles. The average Bonchev–Trinajstić information content (AvgIpc) is 3.19. The lowest BCUT2D eigenvalue weighted by atomic mass is 10.1. The molecule has 1 amide bonds. The fourth-order valence-electron chi connectivity index (χ4n) is 4.55. The number of imidazole rings is 1. The van der Waals surface area contributed by atoms with Crippen molar-refractivity contribution in [2.24, 2.45) is 7.05 Å². The van der Waals surface area contributed by atoms with Crippen molar-refractivity contribution in [3.8, 4) is 0 Å². The summed E-state index contributed by atoms with van der Waals surface area (Å²) >= 11 is 0. The van der Waals surface area contributed by atoms with E-state index in [0.717, 1.165) is 23.0 Å². The SMILES string of the molecule is Cn1c(=O)c2c(nc(N3CCC[C@H](NC(=O)OC(C)(C)C)C3)n2Cc2ccccc2)n(CCO)c1=O. The van der Waals surface area contributed by atoms with Crippen molar-refractivity contribution in [2.45, 2.75) is 58.3 Å². The number of anilines is 1. The summed E-state index contributed by atoms with van der Waals surface area (Å²) in [6, 6.07) is 9.54. The van der Waals surface area contributed by atoms with Gasteiger partial charge in [0.2, 0.25) is 5.95 Å². The van der Waals surface area contributed by atoms with Gasteiger partial charge in [-0.25, -0.2) is 9.59 Å². The molecular formula is C25H34N6O5. The third-order valence-electron chi connectivity index (χ3n) is 6.14. The molecule has 11 nitrogen and oxygen atoms in total. The summed E-state index contributed by atoms with van der Waals surface area (Å²) in [6.07, 6.45) is 1.11. The Morgan fingerprint density at radius 1 is 1.19 bits per heavy atom. The van der Waals surface area contributed by atoms with Gasteiger partial charge in [0.1, 0.15) is 5.60 Å². The van der Waals surface area contributed by atoms with Gasteiger partial charge < -0.3 is 20.1 Å². The van der Waals surface area contributed by atoms with E-state index in [9.17, 15) is 19.5 Å². The van der Waals surface area contributed by atoms with Gasteiger partial charge in [-0.05, 0) is 39.2 Å². The molecule has 0 unspecified atom stereocenters. The zero-order chi connectivity index (χ0) is 26.0. The Morgan fingerprint density at radius 3 is 2.58 bits per heavy atom. The molecule has 3 aromatic rings. The first-order valence-electron chi connectivity index (χ1n) is 12.2. The first-order valence-corrected chi connectivity index (χ1v) is 12.2. The highest BCUT2D eigenvalue weighted by atomic mass is 16.6. The molecule has 0 bridgehead atoms. The van der Waals surface area contributed by atoms with Crippen LogP contribution in [0.5, 0.6) is 0 Å². The molecule has 3 heterocycles. The predicted octanol–water partition coefficient (Wildman–Crippen LogP) is 1.43. The number of amides is 1. The Bertz CT molecular complexity index is 1350. The van der Waals surface area contributed by atoms with Crippen molar-refractivity contribution in [3.63, 3.8) is 0 Å². The van der Waals surface area contributed by atoms with Crippen LogP contribution in [0.3, 0.4) is 0 Å². The molecule has 11 heteroatoms. The lowest BCUT2D eigenvalue weighted by Crippen LogP contribution is -2.49. The number of piperidine rings is 1. The number of rotatable bonds is 6. The second-order valence-electron chi connectivity index (χ2n) is 10.1. The molecule has 1 fully saturated rings. The van der Waals surface area contributed by atoms with Crippen LogP contribution in [0.25, 0.3) is 11.2 Å². The number of aliphatic hydroxyl groups is 1. The van der Waals surface area contributed by atoms with E-state index in [1.54, 1.807) is 0 Å². The summed E-state index contributed by atoms with van der Waals surface area (Å²) in [6.45, 7) is 6.74. The number of nitrogens with zero attached hydrogens (tertiary/aromatic N) is 5. The number of hydrogen-bond acceptors (Lipinski definition) is 7. The average molecular weight is 499 g/mol. The van der Waals surface area contributed by atoms with Crippen molar-refractivity contribution in [1.82, 2.24) is 24.0 Å². The van der Waals surface area contributed by atoms with E-state index in [1.807, 2.05) is 60.6 Å². The molecule has 0 spiro atoms. The van der Waals surface area contributed by atoms with Crippen molar-refractivity contribution in [2.75, 3.05) is 24.6 Å². The maximum atomic E-state index is 13.3. The zero-order valence-electron chi connectivity index (χ0n) is 21.2. The largest absolute Gasteiger partial charge is 0.444 e. The number of aliphatic hydroxyl groups excluding tert-OH is 1. The molecular weight excluding hydrogens is 464 g/mol. The minimum absolute atomic E-state index is 0.0219. The standard InChI is InChI=1S/C25H34N6O5/c1-25(2,3)36-23(34)26-18-11-8-12-29(16-18)22-27-20-19(31(22)15-17-9-6-5-7-10-17)21(33)28(4)24(35)30(20)13-14-32/h5-7,9-10,18,32H,8,11-16H2,1-4H3,(H,26,34)/t18-/m0/s1. The van der Waals surface area contributed by atoms with E-state index >= 15 is 0 Å². The third-order valence-corrected chi connectivity index (χ3v) is 6.14. The predicted molar refractivity (Wildman–Crippen MR) is 136 cm³/mol. The number of fused-ring (bicyclic) bond motifs is 1. The van der Waals surface area contributed by atoms with Crippen LogP contribution in [0, 0.1) is 0 Å². The molecule has 1 atom stereocenters. The fraction of sp³-hybridized carbons (Fsp3) is 0.520. The summed E-state index contributed by atoms with van der Waals surface area (Å²) in [5.74, 6) is 0.541. The lowest BCUT2D eigenvalue weighted by molar-refractivity contribution is 0.0499.